The number of nitrogens with zero attached hydrogens (tertiary/aromatic N) is 3. The monoisotopic (exact) mass is 783 g/mol. The number of rotatable bonds is 8. The fourth-order valence-corrected chi connectivity index (χ4v) is 9.06. The molecule has 4 heteroatoms. The minimum Gasteiger partial charge on any atom is -0.309 e. The van der Waals surface area contributed by atoms with Gasteiger partial charge in [-0.1, -0.05) is 182 Å². The highest BCUT2D eigenvalue weighted by atomic mass is 32.1. The standard InChI is InChI=1S/C56H37N3S/c1-4-14-38(15-5-1)41-20-10-23-44(32-41)46-28-30-51-52-31-29-47(45-24-11-21-42(33-45)39-16-6-2-7-17-39)37-54(52)59(53(51)36-46)50-27-13-26-49(35-50)56-57-55(58-60-56)48-25-12-22-43(34-48)40-18-8-3-9-19-40/h1-37H. The van der Waals surface area contributed by atoms with Crippen molar-refractivity contribution >= 4 is 33.3 Å². The molecule has 0 aliphatic carbocycles. The van der Waals surface area contributed by atoms with Crippen molar-refractivity contribution in [3.8, 4) is 83.3 Å². The highest BCUT2D eigenvalue weighted by Gasteiger charge is 2.17. The van der Waals surface area contributed by atoms with E-state index in [4.69, 9.17) is 9.36 Å². The predicted molar refractivity (Wildman–Crippen MR) is 252 cm³/mol. The van der Waals surface area contributed by atoms with Crippen LogP contribution in [0.2, 0.25) is 0 Å². The molecule has 282 valence electrons. The molecular weight excluding hydrogens is 747 g/mol. The van der Waals surface area contributed by atoms with Gasteiger partial charge in [0.05, 0.1) is 11.0 Å². The Labute approximate surface area is 353 Å². The molecular formula is C56H37N3S. The Morgan fingerprint density at radius 1 is 0.300 bits per heavy atom. The van der Waals surface area contributed by atoms with E-state index in [1.54, 1.807) is 0 Å². The lowest BCUT2D eigenvalue weighted by Gasteiger charge is -2.12. The maximum atomic E-state index is 5.10. The molecule has 0 bridgehead atoms. The van der Waals surface area contributed by atoms with E-state index in [1.807, 2.05) is 6.07 Å². The predicted octanol–water partition coefficient (Wildman–Crippen LogP) is 15.3. The third kappa shape index (κ3) is 6.69. The minimum atomic E-state index is 0.736. The van der Waals surface area contributed by atoms with Crippen molar-refractivity contribution in [2.45, 2.75) is 0 Å². The number of fused-ring (bicyclic) bond motifs is 3. The molecule has 0 saturated heterocycles. The Morgan fingerprint density at radius 2 is 0.683 bits per heavy atom. The van der Waals surface area contributed by atoms with Gasteiger partial charge in [0.2, 0.25) is 0 Å². The lowest BCUT2D eigenvalue weighted by molar-refractivity contribution is 1.18. The molecule has 0 saturated carbocycles. The molecule has 0 aliphatic rings. The van der Waals surface area contributed by atoms with Gasteiger partial charge in [0.25, 0.3) is 0 Å². The second-order valence-electron chi connectivity index (χ2n) is 15.1. The number of hydrogen-bond acceptors (Lipinski definition) is 3. The van der Waals surface area contributed by atoms with Crippen molar-refractivity contribution in [1.82, 2.24) is 13.9 Å². The molecule has 0 unspecified atom stereocenters. The highest BCUT2D eigenvalue weighted by molar-refractivity contribution is 7.09. The molecule has 0 atom stereocenters. The SMILES string of the molecule is c1ccc(-c2cccc(-c3ccc4c5ccc(-c6cccc(-c7ccccc7)c6)cc5n(-c5cccc(-c6nc(-c7cccc(-c8ccccc8)c7)ns6)c5)c4c3)c2)cc1. The lowest BCUT2D eigenvalue weighted by atomic mass is 9.97. The van der Waals surface area contributed by atoms with Gasteiger partial charge in [0, 0.05) is 27.6 Å². The van der Waals surface area contributed by atoms with E-state index in [0.717, 1.165) is 44.2 Å². The Bertz CT molecular complexity index is 3170. The summed E-state index contributed by atoms with van der Waals surface area (Å²) < 4.78 is 7.29. The van der Waals surface area contributed by atoms with Crippen molar-refractivity contribution in [2.24, 2.45) is 0 Å². The zero-order valence-corrected chi connectivity index (χ0v) is 33.4. The van der Waals surface area contributed by atoms with Gasteiger partial charge in [-0.05, 0) is 110 Å². The van der Waals surface area contributed by atoms with Crippen molar-refractivity contribution in [3.05, 3.63) is 224 Å². The second-order valence-corrected chi connectivity index (χ2v) is 15.9. The minimum absolute atomic E-state index is 0.736. The Morgan fingerprint density at radius 3 is 1.18 bits per heavy atom. The molecule has 0 fully saturated rings. The van der Waals surface area contributed by atoms with Gasteiger partial charge in [0.1, 0.15) is 5.01 Å². The van der Waals surface area contributed by atoms with Crippen LogP contribution >= 0.6 is 11.5 Å². The molecule has 0 spiro atoms. The normalized spacial score (nSPS) is 11.3. The first-order chi connectivity index (χ1) is 29.7. The summed E-state index contributed by atoms with van der Waals surface area (Å²) >= 11 is 1.44. The smallest absolute Gasteiger partial charge is 0.173 e. The quantitative estimate of drug-likeness (QED) is 0.154. The van der Waals surface area contributed by atoms with Crippen LogP contribution in [-0.4, -0.2) is 13.9 Å². The summed E-state index contributed by atoms with van der Waals surface area (Å²) in [4.78, 5) is 5.10. The molecule has 0 aliphatic heterocycles. The molecule has 0 amide bonds. The fraction of sp³-hybridized carbons (Fsp3) is 0. The van der Waals surface area contributed by atoms with Gasteiger partial charge in [-0.3, -0.25) is 0 Å². The Kier molecular flexibility index (Phi) is 9.03. The largest absolute Gasteiger partial charge is 0.309 e. The van der Waals surface area contributed by atoms with Crippen molar-refractivity contribution < 1.29 is 0 Å². The Balaban J connectivity index is 1.05. The van der Waals surface area contributed by atoms with Crippen LogP contribution < -0.4 is 0 Å². The van der Waals surface area contributed by atoms with E-state index >= 15 is 0 Å². The molecule has 11 rings (SSSR count). The Hall–Kier alpha value is -7.66. The number of benzene rings is 9. The average molecular weight is 784 g/mol. The first-order valence-electron chi connectivity index (χ1n) is 20.2. The molecule has 9 aromatic carbocycles. The van der Waals surface area contributed by atoms with E-state index in [2.05, 4.69) is 223 Å². The summed E-state index contributed by atoms with van der Waals surface area (Å²) in [5.74, 6) is 0.736. The maximum absolute atomic E-state index is 5.10. The topological polar surface area (TPSA) is 30.7 Å². The summed E-state index contributed by atoms with van der Waals surface area (Å²) in [5, 5.41) is 3.30. The summed E-state index contributed by atoms with van der Waals surface area (Å²) in [7, 11) is 0. The van der Waals surface area contributed by atoms with Gasteiger partial charge < -0.3 is 4.57 Å². The van der Waals surface area contributed by atoms with E-state index < -0.39 is 0 Å². The molecule has 2 aromatic heterocycles. The zero-order chi connectivity index (χ0) is 39.8. The van der Waals surface area contributed by atoms with Crippen molar-refractivity contribution in [2.75, 3.05) is 0 Å². The van der Waals surface area contributed by atoms with Crippen LogP contribution in [0.5, 0.6) is 0 Å². The number of hydrogen-bond donors (Lipinski definition) is 0. The third-order valence-corrected chi connectivity index (χ3v) is 12.1. The van der Waals surface area contributed by atoms with Crippen LogP contribution in [0.15, 0.2) is 224 Å². The molecule has 0 radical (unpaired) electrons. The molecule has 0 N–H and O–H groups in total. The molecule has 3 nitrogen and oxygen atoms in total. The summed E-state index contributed by atoms with van der Waals surface area (Å²) in [6.45, 7) is 0. The van der Waals surface area contributed by atoms with Gasteiger partial charge in [-0.15, -0.1) is 0 Å². The van der Waals surface area contributed by atoms with Crippen molar-refractivity contribution in [3.63, 3.8) is 0 Å². The molecule has 60 heavy (non-hydrogen) atoms. The highest BCUT2D eigenvalue weighted by Crippen LogP contribution is 2.39. The first-order valence-corrected chi connectivity index (χ1v) is 21.0. The average Bonchev–Trinajstić information content (AvgIpc) is 3.96. The van der Waals surface area contributed by atoms with Crippen molar-refractivity contribution in [1.29, 1.82) is 0 Å². The van der Waals surface area contributed by atoms with Crippen LogP contribution in [0.25, 0.3) is 105 Å². The zero-order valence-electron chi connectivity index (χ0n) is 32.6. The number of aromatic nitrogens is 3. The van der Waals surface area contributed by atoms with Gasteiger partial charge >= 0.3 is 0 Å². The van der Waals surface area contributed by atoms with Crippen LogP contribution in [0, 0.1) is 0 Å². The van der Waals surface area contributed by atoms with Gasteiger partial charge in [-0.25, -0.2) is 4.98 Å². The van der Waals surface area contributed by atoms with Crippen LogP contribution in [0.3, 0.4) is 0 Å². The third-order valence-electron chi connectivity index (χ3n) is 11.4. The second kappa shape index (κ2) is 15.3. The van der Waals surface area contributed by atoms with Crippen LogP contribution in [0.1, 0.15) is 0 Å². The van der Waals surface area contributed by atoms with Gasteiger partial charge in [-0.2, -0.15) is 4.37 Å². The first kappa shape index (κ1) is 35.5. The van der Waals surface area contributed by atoms with Gasteiger partial charge in [0.15, 0.2) is 5.82 Å². The summed E-state index contributed by atoms with van der Waals surface area (Å²) in [6.07, 6.45) is 0. The van der Waals surface area contributed by atoms with Crippen LogP contribution in [0.4, 0.5) is 0 Å². The maximum Gasteiger partial charge on any atom is 0.173 e. The van der Waals surface area contributed by atoms with E-state index in [9.17, 15) is 0 Å². The van der Waals surface area contributed by atoms with E-state index in [0.29, 0.717) is 0 Å². The van der Waals surface area contributed by atoms with E-state index in [1.165, 1.54) is 72.4 Å². The fourth-order valence-electron chi connectivity index (χ4n) is 8.38. The lowest BCUT2D eigenvalue weighted by Crippen LogP contribution is -1.95. The summed E-state index contributed by atoms with van der Waals surface area (Å²) in [6, 6.07) is 80.4. The van der Waals surface area contributed by atoms with Crippen LogP contribution in [-0.2, 0) is 0 Å². The summed E-state index contributed by atoms with van der Waals surface area (Å²) in [5.41, 5.74) is 17.2. The molecule has 11 aromatic rings. The van der Waals surface area contributed by atoms with E-state index in [-0.39, 0.29) is 0 Å². The molecule has 2 heterocycles.